The first kappa shape index (κ1) is 28.1. The number of piperazine rings is 1. The minimum absolute atomic E-state index is 0.0270. The predicted molar refractivity (Wildman–Crippen MR) is 172 cm³/mol. The first-order valence-electron chi connectivity index (χ1n) is 16.0. The number of benzene rings is 2. The van der Waals surface area contributed by atoms with Crippen molar-refractivity contribution in [3.05, 3.63) is 52.3 Å². The Morgan fingerprint density at radius 1 is 1.02 bits per heavy atom. The lowest BCUT2D eigenvalue weighted by Gasteiger charge is -2.34. The number of aromatic nitrogens is 3. The van der Waals surface area contributed by atoms with E-state index < -0.39 is 0 Å². The second-order valence-electron chi connectivity index (χ2n) is 12.2. The zero-order chi connectivity index (χ0) is 29.7. The molecule has 0 radical (unpaired) electrons. The molecule has 0 unspecified atom stereocenters. The van der Waals surface area contributed by atoms with E-state index in [-0.39, 0.29) is 5.91 Å². The fraction of sp³-hybridized carbons (Fsp3) is 0.500. The van der Waals surface area contributed by atoms with Crippen molar-refractivity contribution in [1.82, 2.24) is 29.5 Å². The van der Waals surface area contributed by atoms with Gasteiger partial charge in [0.05, 0.1) is 22.5 Å². The van der Waals surface area contributed by atoms with E-state index in [0.717, 1.165) is 78.1 Å². The topological polar surface area (TPSA) is 79.9 Å². The maximum atomic E-state index is 13.4. The van der Waals surface area contributed by atoms with E-state index in [1.165, 1.54) is 60.0 Å². The van der Waals surface area contributed by atoms with Gasteiger partial charge >= 0.3 is 0 Å². The van der Waals surface area contributed by atoms with Gasteiger partial charge in [-0.1, -0.05) is 18.1 Å². The molecule has 4 aromatic rings. The molecule has 226 valence electrons. The minimum Gasteiger partial charge on any atom is -0.396 e. The van der Waals surface area contributed by atoms with Crippen LogP contribution in [-0.2, 0) is 37.8 Å². The van der Waals surface area contributed by atoms with Gasteiger partial charge in [-0.15, -0.1) is 0 Å². The monoisotopic (exact) mass is 581 g/mol. The zero-order valence-corrected chi connectivity index (χ0v) is 26.0. The molecule has 0 spiro atoms. The molecular formula is C34H43N7O2. The summed E-state index contributed by atoms with van der Waals surface area (Å²) in [5.41, 5.74) is 11.0. The highest BCUT2D eigenvalue weighted by molar-refractivity contribution is 6.20. The number of nitrogens with zero attached hydrogens (tertiary/aromatic N) is 6. The Hall–Kier alpha value is -3.69. The standard InChI is InChI=1S/C34H43N7O2/c1-5-39-15-17-40(18-16-39)13-7-8-14-41-29-12-9-23(22(3)37-43-6-2)19-25(29)31-26-20-35-34(42)32(26)30-24(33(31)41)10-11-28-27(30)21-38(4)36-28/h9,12,19,21H,5-8,10-11,13-18,20H2,1-4H3,(H,35,42). The van der Waals surface area contributed by atoms with Crippen LogP contribution in [0.3, 0.4) is 0 Å². The third-order valence-electron chi connectivity index (χ3n) is 9.71. The number of carbonyl (C=O) groups excluding carboxylic acids is 1. The van der Waals surface area contributed by atoms with E-state index in [0.29, 0.717) is 13.2 Å². The fourth-order valence-corrected chi connectivity index (χ4v) is 7.52. The molecule has 2 aromatic heterocycles. The molecule has 7 rings (SSSR count). The van der Waals surface area contributed by atoms with Crippen LogP contribution in [0.5, 0.6) is 0 Å². The third kappa shape index (κ3) is 4.83. The van der Waals surface area contributed by atoms with Crippen molar-refractivity contribution in [3.63, 3.8) is 0 Å². The summed E-state index contributed by atoms with van der Waals surface area (Å²) in [5, 5.41) is 14.7. The molecule has 1 saturated heterocycles. The third-order valence-corrected chi connectivity index (χ3v) is 9.71. The Labute approximate surface area is 253 Å². The number of hydrogen-bond donors (Lipinski definition) is 1. The van der Waals surface area contributed by atoms with Crippen molar-refractivity contribution in [2.24, 2.45) is 12.2 Å². The number of fused-ring (bicyclic) bond motifs is 10. The molecule has 1 fully saturated rings. The lowest BCUT2D eigenvalue weighted by Crippen LogP contribution is -2.46. The average Bonchev–Trinajstić information content (AvgIpc) is 3.70. The number of rotatable bonds is 9. The lowest BCUT2D eigenvalue weighted by atomic mass is 9.82. The average molecular weight is 582 g/mol. The van der Waals surface area contributed by atoms with Crippen LogP contribution in [0, 0.1) is 0 Å². The van der Waals surface area contributed by atoms with Gasteiger partial charge in [0, 0.05) is 79.9 Å². The van der Waals surface area contributed by atoms with Gasteiger partial charge < -0.3 is 24.5 Å². The van der Waals surface area contributed by atoms with E-state index >= 15 is 0 Å². The number of unbranched alkanes of at least 4 members (excludes halogenated alkanes) is 1. The van der Waals surface area contributed by atoms with Gasteiger partial charge in [0.15, 0.2) is 0 Å². The minimum atomic E-state index is 0.0270. The first-order chi connectivity index (χ1) is 21.0. The number of amides is 1. The summed E-state index contributed by atoms with van der Waals surface area (Å²) in [5.74, 6) is 0.0270. The molecule has 1 amide bonds. The summed E-state index contributed by atoms with van der Waals surface area (Å²) in [6, 6.07) is 6.67. The lowest BCUT2D eigenvalue weighted by molar-refractivity contribution is 0.0966. The fourth-order valence-electron chi connectivity index (χ4n) is 7.52. The summed E-state index contributed by atoms with van der Waals surface area (Å²) in [4.78, 5) is 24.0. The highest BCUT2D eigenvalue weighted by atomic mass is 16.6. The summed E-state index contributed by atoms with van der Waals surface area (Å²) < 4.78 is 4.45. The molecule has 0 bridgehead atoms. The molecule has 0 atom stereocenters. The summed E-state index contributed by atoms with van der Waals surface area (Å²) in [7, 11) is 1.98. The van der Waals surface area contributed by atoms with Crippen molar-refractivity contribution >= 4 is 33.4 Å². The Balaban J connectivity index is 1.34. The van der Waals surface area contributed by atoms with Crippen LogP contribution in [0.1, 0.15) is 66.4 Å². The van der Waals surface area contributed by atoms with Crippen molar-refractivity contribution in [2.75, 3.05) is 45.9 Å². The van der Waals surface area contributed by atoms with Gasteiger partial charge in [-0.25, -0.2) is 0 Å². The van der Waals surface area contributed by atoms with Crippen LogP contribution in [0.4, 0.5) is 0 Å². The smallest absolute Gasteiger partial charge is 0.252 e. The number of carbonyl (C=O) groups is 1. The molecule has 9 nitrogen and oxygen atoms in total. The van der Waals surface area contributed by atoms with Gasteiger partial charge in [-0.2, -0.15) is 5.10 Å². The second-order valence-corrected chi connectivity index (χ2v) is 12.2. The van der Waals surface area contributed by atoms with E-state index in [4.69, 9.17) is 9.94 Å². The SMILES string of the molecule is CCON=C(C)c1ccc2c(c1)c1c3c(c4c(c1n2CCCCN1CCN(CC)CC1)CCc1nn(C)cc1-4)C(=O)NC3. The largest absolute Gasteiger partial charge is 0.396 e. The van der Waals surface area contributed by atoms with Crippen LogP contribution in [0.2, 0.25) is 0 Å². The maximum absolute atomic E-state index is 13.4. The molecule has 3 aliphatic rings. The highest BCUT2D eigenvalue weighted by Crippen LogP contribution is 2.47. The van der Waals surface area contributed by atoms with E-state index in [1.807, 2.05) is 25.6 Å². The van der Waals surface area contributed by atoms with Crippen LogP contribution < -0.4 is 5.32 Å². The van der Waals surface area contributed by atoms with Gasteiger partial charge in [-0.05, 0) is 81.4 Å². The van der Waals surface area contributed by atoms with E-state index in [2.05, 4.69) is 56.2 Å². The van der Waals surface area contributed by atoms with E-state index in [9.17, 15) is 4.79 Å². The Morgan fingerprint density at radius 3 is 2.60 bits per heavy atom. The van der Waals surface area contributed by atoms with Gasteiger partial charge in [0.25, 0.3) is 5.91 Å². The van der Waals surface area contributed by atoms with Crippen LogP contribution in [0.15, 0.2) is 29.6 Å². The number of aryl methyl sites for hydroxylation is 4. The number of oxime groups is 1. The Morgan fingerprint density at radius 2 is 1.81 bits per heavy atom. The molecule has 2 aromatic carbocycles. The molecule has 2 aliphatic heterocycles. The molecule has 1 aliphatic carbocycles. The number of hydrogen-bond acceptors (Lipinski definition) is 6. The zero-order valence-electron chi connectivity index (χ0n) is 26.0. The Bertz CT molecular complexity index is 1740. The van der Waals surface area contributed by atoms with Crippen LogP contribution >= 0.6 is 0 Å². The summed E-state index contributed by atoms with van der Waals surface area (Å²) >= 11 is 0. The second kappa shape index (κ2) is 11.4. The van der Waals surface area contributed by atoms with Crippen LogP contribution in [0.25, 0.3) is 32.9 Å². The van der Waals surface area contributed by atoms with Crippen molar-refractivity contribution in [2.45, 2.75) is 59.5 Å². The normalized spacial score (nSPS) is 17.4. The number of likely N-dealkylation sites (N-methyl/N-ethyl adjacent to an activating group) is 1. The van der Waals surface area contributed by atoms with Crippen molar-refractivity contribution in [1.29, 1.82) is 0 Å². The predicted octanol–water partition coefficient (Wildman–Crippen LogP) is 4.72. The van der Waals surface area contributed by atoms with Gasteiger partial charge in [0.1, 0.15) is 6.61 Å². The molecule has 4 heterocycles. The van der Waals surface area contributed by atoms with Gasteiger partial charge in [-0.3, -0.25) is 9.48 Å². The number of nitrogens with one attached hydrogen (secondary N) is 1. The van der Waals surface area contributed by atoms with Crippen LogP contribution in [-0.4, -0.2) is 81.6 Å². The maximum Gasteiger partial charge on any atom is 0.252 e. The van der Waals surface area contributed by atoms with Crippen molar-refractivity contribution < 1.29 is 9.63 Å². The quantitative estimate of drug-likeness (QED) is 0.176. The molecule has 0 saturated carbocycles. The van der Waals surface area contributed by atoms with Gasteiger partial charge in [0.2, 0.25) is 0 Å². The molecular weight excluding hydrogens is 538 g/mol. The molecule has 9 heteroatoms. The van der Waals surface area contributed by atoms with E-state index in [1.54, 1.807) is 0 Å². The van der Waals surface area contributed by atoms with Crippen molar-refractivity contribution in [3.8, 4) is 11.1 Å². The first-order valence-corrected chi connectivity index (χ1v) is 16.0. The Kier molecular flexibility index (Phi) is 7.47. The highest BCUT2D eigenvalue weighted by Gasteiger charge is 2.35. The molecule has 1 N–H and O–H groups in total. The summed E-state index contributed by atoms with van der Waals surface area (Å²) in [6.45, 7) is 15.2. The molecule has 43 heavy (non-hydrogen) atoms. The summed E-state index contributed by atoms with van der Waals surface area (Å²) in [6.07, 6.45) is 6.15.